The zero-order valence-corrected chi connectivity index (χ0v) is 9.53. The summed E-state index contributed by atoms with van der Waals surface area (Å²) in [5.41, 5.74) is 2.14. The number of aliphatic carboxylic acids is 1. The molecule has 0 fully saturated rings. The van der Waals surface area contributed by atoms with Crippen molar-refractivity contribution in [2.24, 2.45) is 5.92 Å². The molecule has 0 saturated heterocycles. The minimum atomic E-state index is -0.772. The Morgan fingerprint density at radius 2 is 1.69 bits per heavy atom. The van der Waals surface area contributed by atoms with Crippen LogP contribution in [0.5, 0.6) is 0 Å². The molecule has 0 saturated carbocycles. The number of hydrogen-bond donors (Lipinski definition) is 1. The molecule has 1 aromatic rings. The zero-order valence-electron chi connectivity index (χ0n) is 9.53. The van der Waals surface area contributed by atoms with Gasteiger partial charge in [-0.1, -0.05) is 38.1 Å². The third kappa shape index (κ3) is 4.86. The van der Waals surface area contributed by atoms with Gasteiger partial charge in [0.25, 0.3) is 0 Å². The van der Waals surface area contributed by atoms with Gasteiger partial charge in [0, 0.05) is 0 Å². The van der Waals surface area contributed by atoms with E-state index in [-0.39, 0.29) is 37.7 Å². The summed E-state index contributed by atoms with van der Waals surface area (Å²) in [5.74, 6) is -0.558. The first-order chi connectivity index (χ1) is 7.00. The first-order valence-corrected chi connectivity index (χ1v) is 5.32. The van der Waals surface area contributed by atoms with Crippen LogP contribution in [0, 0.1) is 5.92 Å². The molecular weight excluding hydrogens is 228 g/mol. The van der Waals surface area contributed by atoms with Gasteiger partial charge in [0.15, 0.2) is 0 Å². The van der Waals surface area contributed by atoms with Crippen LogP contribution in [0.4, 0.5) is 0 Å². The van der Waals surface area contributed by atoms with Gasteiger partial charge in [-0.05, 0) is 30.4 Å². The van der Waals surface area contributed by atoms with Gasteiger partial charge in [-0.25, -0.2) is 0 Å². The molecule has 0 amide bonds. The van der Waals surface area contributed by atoms with E-state index >= 15 is 0 Å². The molecular formula is C13H20CaO2. The van der Waals surface area contributed by atoms with E-state index in [0.29, 0.717) is 5.92 Å². The van der Waals surface area contributed by atoms with Crippen LogP contribution in [0.25, 0.3) is 0 Å². The van der Waals surface area contributed by atoms with Crippen molar-refractivity contribution in [3.63, 3.8) is 0 Å². The van der Waals surface area contributed by atoms with Crippen molar-refractivity contribution in [1.29, 1.82) is 0 Å². The number of hydrogen-bond acceptors (Lipinski definition) is 1. The van der Waals surface area contributed by atoms with Gasteiger partial charge in [-0.15, -0.1) is 0 Å². The van der Waals surface area contributed by atoms with E-state index in [9.17, 15) is 4.79 Å². The molecule has 16 heavy (non-hydrogen) atoms. The predicted octanol–water partition coefficient (Wildman–Crippen LogP) is 2.16. The molecule has 1 atom stereocenters. The fourth-order valence-corrected chi connectivity index (χ4v) is 1.56. The zero-order chi connectivity index (χ0) is 11.4. The standard InChI is InChI=1S/C13H18O2.Ca.2H/c1-9(2)8-11-4-6-12(7-5-11)10(3)13(14)15;;;/h4-7,9-10H,8H2,1-3H3,(H,14,15);;;. The average molecular weight is 248 g/mol. The first kappa shape index (κ1) is 15.9. The maximum absolute atomic E-state index is 10.8. The monoisotopic (exact) mass is 248 g/mol. The summed E-state index contributed by atoms with van der Waals surface area (Å²) in [5, 5.41) is 8.85. The molecule has 0 bridgehead atoms. The van der Waals surface area contributed by atoms with Crippen molar-refractivity contribution in [1.82, 2.24) is 0 Å². The van der Waals surface area contributed by atoms with E-state index in [1.54, 1.807) is 6.92 Å². The Balaban J connectivity index is 0.00000225. The average Bonchev–Trinajstić information content (AvgIpc) is 2.17. The van der Waals surface area contributed by atoms with Crippen molar-refractivity contribution in [3.05, 3.63) is 35.4 Å². The van der Waals surface area contributed by atoms with Crippen LogP contribution in [-0.4, -0.2) is 48.8 Å². The van der Waals surface area contributed by atoms with Crippen molar-refractivity contribution in [2.75, 3.05) is 0 Å². The number of carboxylic acids is 1. The predicted molar refractivity (Wildman–Crippen MR) is 69.6 cm³/mol. The van der Waals surface area contributed by atoms with Crippen LogP contribution in [0.15, 0.2) is 24.3 Å². The number of carbonyl (C=O) groups is 1. The second-order valence-corrected chi connectivity index (χ2v) is 4.40. The van der Waals surface area contributed by atoms with Gasteiger partial charge in [0.05, 0.1) is 5.92 Å². The summed E-state index contributed by atoms with van der Waals surface area (Å²) >= 11 is 0. The Kier molecular flexibility index (Phi) is 7.29. The van der Waals surface area contributed by atoms with Crippen molar-refractivity contribution < 1.29 is 9.90 Å². The van der Waals surface area contributed by atoms with Gasteiger partial charge in [-0.3, -0.25) is 4.79 Å². The molecule has 0 heterocycles. The number of benzene rings is 1. The summed E-state index contributed by atoms with van der Waals surface area (Å²) in [6.07, 6.45) is 1.04. The van der Waals surface area contributed by atoms with Crippen LogP contribution in [0.3, 0.4) is 0 Å². The molecule has 0 aliphatic rings. The first-order valence-electron chi connectivity index (χ1n) is 5.32. The SMILES string of the molecule is CC(C)Cc1ccc(C(C)C(=O)O)cc1.[CaH2]. The van der Waals surface area contributed by atoms with Crippen LogP contribution in [0.1, 0.15) is 37.8 Å². The second kappa shape index (κ2) is 7.31. The molecule has 0 spiro atoms. The quantitative estimate of drug-likeness (QED) is 0.829. The van der Waals surface area contributed by atoms with Gasteiger partial charge in [0.1, 0.15) is 0 Å². The molecule has 0 aliphatic carbocycles. The topological polar surface area (TPSA) is 37.3 Å². The van der Waals surface area contributed by atoms with Gasteiger partial charge in [-0.2, -0.15) is 0 Å². The van der Waals surface area contributed by atoms with E-state index in [1.807, 2.05) is 24.3 Å². The fourth-order valence-electron chi connectivity index (χ4n) is 1.56. The van der Waals surface area contributed by atoms with Crippen LogP contribution in [-0.2, 0) is 11.2 Å². The van der Waals surface area contributed by atoms with E-state index < -0.39 is 11.9 Å². The second-order valence-electron chi connectivity index (χ2n) is 4.40. The maximum atomic E-state index is 10.8. The van der Waals surface area contributed by atoms with Crippen molar-refractivity contribution in [3.8, 4) is 0 Å². The molecule has 0 radical (unpaired) electrons. The van der Waals surface area contributed by atoms with E-state index in [0.717, 1.165) is 12.0 Å². The van der Waals surface area contributed by atoms with Gasteiger partial charge >= 0.3 is 43.7 Å². The molecule has 1 aromatic carbocycles. The summed E-state index contributed by atoms with van der Waals surface area (Å²) < 4.78 is 0. The van der Waals surface area contributed by atoms with E-state index in [2.05, 4.69) is 13.8 Å². The molecule has 1 rings (SSSR count). The summed E-state index contributed by atoms with van der Waals surface area (Å²) in [6, 6.07) is 7.87. The van der Waals surface area contributed by atoms with Crippen LogP contribution in [0.2, 0.25) is 0 Å². The Bertz CT molecular complexity index is 330. The minimum absolute atomic E-state index is 0. The summed E-state index contributed by atoms with van der Waals surface area (Å²) in [4.78, 5) is 10.8. The molecule has 2 nitrogen and oxygen atoms in total. The summed E-state index contributed by atoms with van der Waals surface area (Å²) in [7, 11) is 0. The van der Waals surface area contributed by atoms with Crippen LogP contribution < -0.4 is 0 Å². The van der Waals surface area contributed by atoms with Crippen molar-refractivity contribution in [2.45, 2.75) is 33.1 Å². The van der Waals surface area contributed by atoms with E-state index in [1.165, 1.54) is 5.56 Å². The van der Waals surface area contributed by atoms with Gasteiger partial charge in [0.2, 0.25) is 0 Å². The molecule has 1 unspecified atom stereocenters. The molecule has 0 aromatic heterocycles. The molecule has 1 N–H and O–H groups in total. The number of carboxylic acid groups (broad SMARTS) is 1. The third-order valence-corrected chi connectivity index (χ3v) is 2.49. The Morgan fingerprint density at radius 1 is 1.19 bits per heavy atom. The van der Waals surface area contributed by atoms with Crippen molar-refractivity contribution >= 4 is 43.7 Å². The Labute approximate surface area is 127 Å². The molecule has 86 valence electrons. The van der Waals surface area contributed by atoms with E-state index in [4.69, 9.17) is 5.11 Å². The molecule has 3 heteroatoms. The summed E-state index contributed by atoms with van der Waals surface area (Å²) in [6.45, 7) is 6.06. The Hall–Kier alpha value is -0.0503. The normalized spacial score (nSPS) is 12.0. The number of rotatable bonds is 4. The van der Waals surface area contributed by atoms with Crippen LogP contribution >= 0.6 is 0 Å². The molecule has 0 aliphatic heterocycles. The van der Waals surface area contributed by atoms with Gasteiger partial charge < -0.3 is 5.11 Å². The third-order valence-electron chi connectivity index (χ3n) is 2.49. The Morgan fingerprint density at radius 3 is 2.06 bits per heavy atom. The fraction of sp³-hybridized carbons (Fsp3) is 0.462.